The molecule has 0 spiro atoms. The van der Waals surface area contributed by atoms with Gasteiger partial charge in [0, 0.05) is 26.2 Å². The first-order valence-corrected chi connectivity index (χ1v) is 6.30. The summed E-state index contributed by atoms with van der Waals surface area (Å²) in [4.78, 5) is 13.7. The Morgan fingerprint density at radius 1 is 1.53 bits per heavy atom. The largest absolute Gasteiger partial charge is 0.469 e. The summed E-state index contributed by atoms with van der Waals surface area (Å²) in [5.41, 5.74) is 0. The highest BCUT2D eigenvalue weighted by molar-refractivity contribution is 5.73. The van der Waals surface area contributed by atoms with Gasteiger partial charge in [-0.25, -0.2) is 0 Å². The number of nitrogens with zero attached hydrogens (tertiary/aromatic N) is 1. The van der Waals surface area contributed by atoms with Gasteiger partial charge in [0.05, 0.1) is 25.2 Å². The van der Waals surface area contributed by atoms with Crippen LogP contribution in [0.15, 0.2) is 0 Å². The van der Waals surface area contributed by atoms with Gasteiger partial charge < -0.3 is 14.6 Å². The molecule has 0 saturated carbocycles. The fourth-order valence-electron chi connectivity index (χ4n) is 2.63. The van der Waals surface area contributed by atoms with Crippen molar-refractivity contribution in [3.05, 3.63) is 0 Å². The van der Waals surface area contributed by atoms with Gasteiger partial charge in [0.15, 0.2) is 0 Å². The molecule has 5 heteroatoms. The summed E-state index contributed by atoms with van der Waals surface area (Å²) in [6, 6.07) is 0. The number of hydrogen-bond donors (Lipinski definition) is 1. The molecule has 0 aromatic rings. The molecule has 0 aromatic carbocycles. The fraction of sp³-hybridized carbons (Fsp3) is 0.917. The number of piperidine rings is 1. The summed E-state index contributed by atoms with van der Waals surface area (Å²) >= 11 is 0. The van der Waals surface area contributed by atoms with Crippen LogP contribution >= 0.6 is 0 Å². The van der Waals surface area contributed by atoms with Crippen LogP contribution in [-0.4, -0.2) is 61.5 Å². The van der Waals surface area contributed by atoms with Crippen molar-refractivity contribution in [1.82, 2.24) is 4.90 Å². The molecule has 1 N–H and O–H groups in total. The zero-order chi connectivity index (χ0) is 12.3. The van der Waals surface area contributed by atoms with Gasteiger partial charge in [-0.05, 0) is 19.3 Å². The minimum Gasteiger partial charge on any atom is -0.469 e. The van der Waals surface area contributed by atoms with Gasteiger partial charge in [0.2, 0.25) is 0 Å². The number of rotatable bonds is 3. The van der Waals surface area contributed by atoms with Gasteiger partial charge in [0.1, 0.15) is 0 Å². The van der Waals surface area contributed by atoms with Crippen molar-refractivity contribution in [3.63, 3.8) is 0 Å². The lowest BCUT2D eigenvalue weighted by Crippen LogP contribution is -2.48. The second-order valence-corrected chi connectivity index (χ2v) is 4.88. The first-order chi connectivity index (χ1) is 8.20. The van der Waals surface area contributed by atoms with Crippen LogP contribution in [0.1, 0.15) is 19.3 Å². The van der Waals surface area contributed by atoms with Gasteiger partial charge in [-0.3, -0.25) is 9.69 Å². The maximum Gasteiger partial charge on any atom is 0.312 e. The van der Waals surface area contributed by atoms with Crippen molar-refractivity contribution in [2.45, 2.75) is 31.5 Å². The minimum atomic E-state index is -0.566. The molecule has 2 saturated heterocycles. The highest BCUT2D eigenvalue weighted by atomic mass is 16.5. The van der Waals surface area contributed by atoms with Gasteiger partial charge >= 0.3 is 5.97 Å². The smallest absolute Gasteiger partial charge is 0.312 e. The summed E-state index contributed by atoms with van der Waals surface area (Å²) in [5, 5.41) is 9.79. The van der Waals surface area contributed by atoms with Crippen molar-refractivity contribution < 1.29 is 19.4 Å². The number of ether oxygens (including phenoxy) is 2. The third-order valence-corrected chi connectivity index (χ3v) is 3.65. The minimum absolute atomic E-state index is 0.295. The molecule has 3 atom stereocenters. The number of likely N-dealkylation sites (tertiary alicyclic amines) is 1. The molecular formula is C12H21NO4. The topological polar surface area (TPSA) is 59.0 Å². The Bertz CT molecular complexity index is 265. The molecule has 17 heavy (non-hydrogen) atoms. The second-order valence-electron chi connectivity index (χ2n) is 4.88. The lowest BCUT2D eigenvalue weighted by Gasteiger charge is -2.35. The molecule has 2 fully saturated rings. The van der Waals surface area contributed by atoms with E-state index in [0.29, 0.717) is 19.1 Å². The number of aliphatic hydroxyl groups excluding tert-OH is 1. The van der Waals surface area contributed by atoms with E-state index in [1.54, 1.807) is 0 Å². The van der Waals surface area contributed by atoms with E-state index in [-0.39, 0.29) is 5.97 Å². The zero-order valence-electron chi connectivity index (χ0n) is 10.3. The Labute approximate surface area is 102 Å². The van der Waals surface area contributed by atoms with Crippen LogP contribution in [-0.2, 0) is 14.3 Å². The van der Waals surface area contributed by atoms with E-state index in [1.807, 2.05) is 0 Å². The van der Waals surface area contributed by atoms with Gasteiger partial charge in [-0.2, -0.15) is 0 Å². The van der Waals surface area contributed by atoms with E-state index in [0.717, 1.165) is 32.5 Å². The van der Waals surface area contributed by atoms with Crippen LogP contribution in [0.4, 0.5) is 0 Å². The average Bonchev–Trinajstić information content (AvgIpc) is 2.83. The monoisotopic (exact) mass is 243 g/mol. The third-order valence-electron chi connectivity index (χ3n) is 3.65. The zero-order valence-corrected chi connectivity index (χ0v) is 10.3. The van der Waals surface area contributed by atoms with Crippen LogP contribution in [0.3, 0.4) is 0 Å². The summed E-state index contributed by atoms with van der Waals surface area (Å²) in [7, 11) is 1.37. The first-order valence-electron chi connectivity index (χ1n) is 6.30. The summed E-state index contributed by atoms with van der Waals surface area (Å²) in [6.45, 7) is 3.12. The molecule has 0 bridgehead atoms. The Morgan fingerprint density at radius 2 is 2.35 bits per heavy atom. The predicted octanol–water partition coefficient (Wildman–Crippen LogP) is 0.0212. The van der Waals surface area contributed by atoms with Crippen molar-refractivity contribution >= 4 is 5.97 Å². The van der Waals surface area contributed by atoms with Gasteiger partial charge in [-0.15, -0.1) is 0 Å². The summed E-state index contributed by atoms with van der Waals surface area (Å²) in [6.07, 6.45) is 2.59. The van der Waals surface area contributed by atoms with Crippen LogP contribution in [0.25, 0.3) is 0 Å². The van der Waals surface area contributed by atoms with Crippen LogP contribution < -0.4 is 0 Å². The van der Waals surface area contributed by atoms with E-state index in [9.17, 15) is 9.90 Å². The molecule has 2 rings (SSSR count). The lowest BCUT2D eigenvalue weighted by molar-refractivity contribution is -0.153. The normalized spacial score (nSPS) is 34.8. The van der Waals surface area contributed by atoms with E-state index in [2.05, 4.69) is 4.90 Å². The van der Waals surface area contributed by atoms with Gasteiger partial charge in [-0.1, -0.05) is 0 Å². The Morgan fingerprint density at radius 3 is 3.00 bits per heavy atom. The Balaban J connectivity index is 1.85. The van der Waals surface area contributed by atoms with Crippen LogP contribution in [0, 0.1) is 5.92 Å². The molecule has 2 aliphatic rings. The first kappa shape index (κ1) is 12.8. The van der Waals surface area contributed by atoms with E-state index < -0.39 is 12.0 Å². The number of carbonyl (C=O) groups is 1. The number of aliphatic hydroxyl groups is 1. The van der Waals surface area contributed by atoms with E-state index in [4.69, 9.17) is 9.47 Å². The molecular weight excluding hydrogens is 222 g/mol. The standard InChI is InChI=1S/C12H21NO4/c1-16-12(15)10-8-13(5-4-11(10)14)7-9-3-2-6-17-9/h9-11,14H,2-8H2,1H3/t9-,10-,11+/m1/s1. The number of hydrogen-bond acceptors (Lipinski definition) is 5. The molecule has 0 radical (unpaired) electrons. The molecule has 2 heterocycles. The molecule has 0 aliphatic carbocycles. The van der Waals surface area contributed by atoms with Crippen LogP contribution in [0.2, 0.25) is 0 Å². The SMILES string of the molecule is COC(=O)[C@@H]1CN(C[C@H]2CCCO2)CC[C@@H]1O. The highest BCUT2D eigenvalue weighted by Crippen LogP contribution is 2.21. The molecule has 5 nitrogen and oxygen atoms in total. The molecule has 0 unspecified atom stereocenters. The number of esters is 1. The fourth-order valence-corrected chi connectivity index (χ4v) is 2.63. The van der Waals surface area contributed by atoms with Crippen LogP contribution in [0.5, 0.6) is 0 Å². The van der Waals surface area contributed by atoms with E-state index in [1.165, 1.54) is 7.11 Å². The van der Waals surface area contributed by atoms with Crippen molar-refractivity contribution in [2.24, 2.45) is 5.92 Å². The maximum atomic E-state index is 11.5. The maximum absolute atomic E-state index is 11.5. The Hall–Kier alpha value is -0.650. The average molecular weight is 243 g/mol. The lowest BCUT2D eigenvalue weighted by atomic mass is 9.94. The van der Waals surface area contributed by atoms with Crippen molar-refractivity contribution in [1.29, 1.82) is 0 Å². The second kappa shape index (κ2) is 5.80. The molecule has 0 amide bonds. The highest BCUT2D eigenvalue weighted by Gasteiger charge is 2.34. The van der Waals surface area contributed by atoms with Gasteiger partial charge in [0.25, 0.3) is 0 Å². The van der Waals surface area contributed by atoms with E-state index >= 15 is 0 Å². The number of methoxy groups -OCH3 is 1. The number of carbonyl (C=O) groups excluding carboxylic acids is 1. The van der Waals surface area contributed by atoms with Crippen molar-refractivity contribution in [3.8, 4) is 0 Å². The quantitative estimate of drug-likeness (QED) is 0.708. The summed E-state index contributed by atoms with van der Waals surface area (Å²) < 4.78 is 10.3. The molecule has 2 aliphatic heterocycles. The third kappa shape index (κ3) is 3.18. The molecule has 98 valence electrons. The summed E-state index contributed by atoms with van der Waals surface area (Å²) in [5.74, 6) is -0.718. The van der Waals surface area contributed by atoms with Crippen molar-refractivity contribution in [2.75, 3.05) is 33.4 Å². The predicted molar refractivity (Wildman–Crippen MR) is 61.5 cm³/mol. The molecule has 0 aromatic heterocycles. The Kier molecular flexibility index (Phi) is 4.36.